The zero-order chi connectivity index (χ0) is 13.4. The third-order valence-corrected chi connectivity index (χ3v) is 4.07. The van der Waals surface area contributed by atoms with E-state index in [0.717, 1.165) is 12.6 Å². The monoisotopic (exact) mass is 255 g/mol. The van der Waals surface area contributed by atoms with E-state index in [1.165, 1.54) is 51.9 Å². The van der Waals surface area contributed by atoms with Gasteiger partial charge in [0.2, 0.25) is 0 Å². The highest BCUT2D eigenvalue weighted by Gasteiger charge is 2.18. The van der Waals surface area contributed by atoms with Crippen molar-refractivity contribution in [1.82, 2.24) is 15.1 Å². The normalized spacial score (nSPS) is 25.0. The van der Waals surface area contributed by atoms with Gasteiger partial charge in [0.1, 0.15) is 0 Å². The van der Waals surface area contributed by atoms with E-state index in [2.05, 4.69) is 42.9 Å². The summed E-state index contributed by atoms with van der Waals surface area (Å²) in [6, 6.07) is 1.41. The van der Waals surface area contributed by atoms with E-state index in [9.17, 15) is 0 Å². The maximum atomic E-state index is 3.49. The Labute approximate surface area is 114 Å². The topological polar surface area (TPSA) is 18.5 Å². The SMILES string of the molecule is CCNC(C)CCCCN1CCCN(C)CC1C. The van der Waals surface area contributed by atoms with Crippen molar-refractivity contribution in [3.05, 3.63) is 0 Å². The van der Waals surface area contributed by atoms with E-state index in [0.29, 0.717) is 6.04 Å². The van der Waals surface area contributed by atoms with Crippen molar-refractivity contribution in [2.75, 3.05) is 39.8 Å². The average molecular weight is 255 g/mol. The molecule has 0 saturated carbocycles. The minimum Gasteiger partial charge on any atom is -0.315 e. The molecular weight excluding hydrogens is 222 g/mol. The van der Waals surface area contributed by atoms with Gasteiger partial charge in [0.15, 0.2) is 0 Å². The first-order chi connectivity index (χ1) is 8.63. The number of unbranched alkanes of at least 4 members (excludes halogenated alkanes) is 1. The van der Waals surface area contributed by atoms with Crippen LogP contribution in [0.15, 0.2) is 0 Å². The van der Waals surface area contributed by atoms with E-state index in [1.807, 2.05) is 0 Å². The third kappa shape index (κ3) is 6.17. The largest absolute Gasteiger partial charge is 0.315 e. The van der Waals surface area contributed by atoms with Gasteiger partial charge in [0, 0.05) is 18.6 Å². The Morgan fingerprint density at radius 3 is 2.78 bits per heavy atom. The molecule has 0 aromatic rings. The fraction of sp³-hybridized carbons (Fsp3) is 1.00. The molecule has 2 unspecified atom stereocenters. The molecule has 0 bridgehead atoms. The van der Waals surface area contributed by atoms with Gasteiger partial charge in [0.25, 0.3) is 0 Å². The zero-order valence-electron chi connectivity index (χ0n) is 12.9. The van der Waals surface area contributed by atoms with E-state index < -0.39 is 0 Å². The van der Waals surface area contributed by atoms with Crippen LogP contribution < -0.4 is 5.32 Å². The quantitative estimate of drug-likeness (QED) is 0.704. The highest BCUT2D eigenvalue weighted by molar-refractivity contribution is 4.75. The summed E-state index contributed by atoms with van der Waals surface area (Å²) < 4.78 is 0. The molecule has 108 valence electrons. The number of likely N-dealkylation sites (N-methyl/N-ethyl adjacent to an activating group) is 1. The van der Waals surface area contributed by atoms with Crippen LogP contribution in [-0.4, -0.2) is 61.7 Å². The number of nitrogens with zero attached hydrogens (tertiary/aromatic N) is 2. The van der Waals surface area contributed by atoms with Crippen LogP contribution in [0.4, 0.5) is 0 Å². The molecular formula is C15H33N3. The smallest absolute Gasteiger partial charge is 0.0194 e. The van der Waals surface area contributed by atoms with Crippen molar-refractivity contribution in [2.45, 2.75) is 58.5 Å². The van der Waals surface area contributed by atoms with E-state index >= 15 is 0 Å². The van der Waals surface area contributed by atoms with Crippen molar-refractivity contribution in [1.29, 1.82) is 0 Å². The second-order valence-corrected chi connectivity index (χ2v) is 5.96. The van der Waals surface area contributed by atoms with E-state index in [1.54, 1.807) is 0 Å². The van der Waals surface area contributed by atoms with Crippen LogP contribution in [0.25, 0.3) is 0 Å². The Kier molecular flexibility index (Phi) is 7.87. The fourth-order valence-corrected chi connectivity index (χ4v) is 2.97. The first-order valence-electron chi connectivity index (χ1n) is 7.79. The highest BCUT2D eigenvalue weighted by Crippen LogP contribution is 2.10. The number of rotatable bonds is 7. The van der Waals surface area contributed by atoms with Crippen LogP contribution in [0.2, 0.25) is 0 Å². The molecule has 3 nitrogen and oxygen atoms in total. The van der Waals surface area contributed by atoms with Crippen molar-refractivity contribution < 1.29 is 0 Å². The summed E-state index contributed by atoms with van der Waals surface area (Å²) >= 11 is 0. The van der Waals surface area contributed by atoms with Crippen LogP contribution in [-0.2, 0) is 0 Å². The Balaban J connectivity index is 2.14. The highest BCUT2D eigenvalue weighted by atomic mass is 15.2. The van der Waals surface area contributed by atoms with Crippen molar-refractivity contribution in [3.63, 3.8) is 0 Å². The molecule has 0 spiro atoms. The average Bonchev–Trinajstić information content (AvgIpc) is 2.46. The molecule has 1 heterocycles. The van der Waals surface area contributed by atoms with Crippen LogP contribution in [0.3, 0.4) is 0 Å². The molecule has 18 heavy (non-hydrogen) atoms. The van der Waals surface area contributed by atoms with Gasteiger partial charge in [0.05, 0.1) is 0 Å². The molecule has 1 rings (SSSR count). The minimum atomic E-state index is 0.683. The molecule has 0 aliphatic carbocycles. The first-order valence-corrected chi connectivity index (χ1v) is 7.79. The lowest BCUT2D eigenvalue weighted by Gasteiger charge is -2.28. The Morgan fingerprint density at radius 2 is 2.06 bits per heavy atom. The molecule has 2 atom stereocenters. The van der Waals surface area contributed by atoms with Crippen molar-refractivity contribution >= 4 is 0 Å². The van der Waals surface area contributed by atoms with Crippen LogP contribution in [0.5, 0.6) is 0 Å². The molecule has 0 aromatic heterocycles. The lowest BCUT2D eigenvalue weighted by Crippen LogP contribution is -2.38. The van der Waals surface area contributed by atoms with Gasteiger partial charge in [-0.2, -0.15) is 0 Å². The summed E-state index contributed by atoms with van der Waals surface area (Å²) in [5.41, 5.74) is 0. The molecule has 1 saturated heterocycles. The van der Waals surface area contributed by atoms with Crippen LogP contribution in [0, 0.1) is 0 Å². The van der Waals surface area contributed by atoms with Gasteiger partial charge in [-0.05, 0) is 66.3 Å². The summed E-state index contributed by atoms with van der Waals surface area (Å²) in [6.45, 7) is 13.0. The van der Waals surface area contributed by atoms with Gasteiger partial charge < -0.3 is 10.2 Å². The summed E-state index contributed by atoms with van der Waals surface area (Å²) in [6.07, 6.45) is 5.35. The van der Waals surface area contributed by atoms with Crippen molar-refractivity contribution in [2.24, 2.45) is 0 Å². The van der Waals surface area contributed by atoms with Crippen LogP contribution in [0.1, 0.15) is 46.5 Å². The predicted octanol–water partition coefficient (Wildman–Crippen LogP) is 2.18. The summed E-state index contributed by atoms with van der Waals surface area (Å²) in [7, 11) is 2.25. The third-order valence-electron chi connectivity index (χ3n) is 4.07. The Hall–Kier alpha value is -0.120. The molecule has 1 N–H and O–H groups in total. The molecule has 1 aliphatic heterocycles. The predicted molar refractivity (Wildman–Crippen MR) is 80.1 cm³/mol. The molecule has 0 aromatic carbocycles. The standard InChI is InChI=1S/C15H33N3/c1-5-16-14(2)9-6-7-11-18-12-8-10-17(4)13-15(18)3/h14-16H,5-13H2,1-4H3. The van der Waals surface area contributed by atoms with Crippen LogP contribution >= 0.6 is 0 Å². The summed E-state index contributed by atoms with van der Waals surface area (Å²) in [5.74, 6) is 0. The minimum absolute atomic E-state index is 0.683. The Morgan fingerprint density at radius 1 is 1.28 bits per heavy atom. The molecule has 1 aliphatic rings. The van der Waals surface area contributed by atoms with Gasteiger partial charge in [-0.25, -0.2) is 0 Å². The maximum absolute atomic E-state index is 3.49. The number of hydrogen-bond acceptors (Lipinski definition) is 3. The van der Waals surface area contributed by atoms with E-state index in [-0.39, 0.29) is 0 Å². The lowest BCUT2D eigenvalue weighted by molar-refractivity contribution is 0.198. The summed E-state index contributed by atoms with van der Waals surface area (Å²) in [5, 5.41) is 3.49. The van der Waals surface area contributed by atoms with Gasteiger partial charge in [-0.15, -0.1) is 0 Å². The maximum Gasteiger partial charge on any atom is 0.0194 e. The van der Waals surface area contributed by atoms with Gasteiger partial charge in [-0.1, -0.05) is 13.3 Å². The number of hydrogen-bond donors (Lipinski definition) is 1. The van der Waals surface area contributed by atoms with E-state index in [4.69, 9.17) is 0 Å². The molecule has 3 heteroatoms. The zero-order valence-corrected chi connectivity index (χ0v) is 12.9. The molecule has 1 fully saturated rings. The van der Waals surface area contributed by atoms with Gasteiger partial charge in [-0.3, -0.25) is 4.90 Å². The Bertz CT molecular complexity index is 208. The van der Waals surface area contributed by atoms with Crippen molar-refractivity contribution in [3.8, 4) is 0 Å². The molecule has 0 radical (unpaired) electrons. The lowest BCUT2D eigenvalue weighted by atomic mass is 10.1. The second-order valence-electron chi connectivity index (χ2n) is 5.96. The summed E-state index contributed by atoms with van der Waals surface area (Å²) in [4.78, 5) is 5.15. The number of nitrogens with one attached hydrogen (secondary N) is 1. The van der Waals surface area contributed by atoms with Gasteiger partial charge >= 0.3 is 0 Å². The fourth-order valence-electron chi connectivity index (χ4n) is 2.97. The second kappa shape index (κ2) is 8.89. The molecule has 0 amide bonds. The first kappa shape index (κ1) is 15.9.